The molecule has 2 rings (SSSR count). The molecule has 0 bridgehead atoms. The second-order valence-corrected chi connectivity index (χ2v) is 4.64. The van der Waals surface area contributed by atoms with Crippen LogP contribution < -0.4 is 5.32 Å². The van der Waals surface area contributed by atoms with Gasteiger partial charge in [-0.3, -0.25) is 10.1 Å². The molecule has 0 saturated carbocycles. The minimum Gasteiger partial charge on any atom is -0.360 e. The molecule has 1 heterocycles. The highest BCUT2D eigenvalue weighted by Gasteiger charge is 2.24. The average molecular weight is 274 g/mol. The molecule has 0 amide bonds. The zero-order valence-corrected chi connectivity index (χ0v) is 11.9. The standard InChI is InChI=1S/C14H18N4O2/c1-4-17-14(13(18(19)20)11(3)16-17)15-9-12-8-6-5-7-10(12)2/h5-8,15H,4,9H2,1-3H3. The summed E-state index contributed by atoms with van der Waals surface area (Å²) in [6.45, 7) is 6.72. The van der Waals surface area contributed by atoms with Crippen LogP contribution in [0.1, 0.15) is 23.7 Å². The van der Waals surface area contributed by atoms with E-state index in [0.29, 0.717) is 24.6 Å². The SMILES string of the molecule is CCn1nc(C)c([N+](=O)[O-])c1NCc1ccccc1C. The van der Waals surface area contributed by atoms with Crippen molar-refractivity contribution in [3.8, 4) is 0 Å². The van der Waals surface area contributed by atoms with E-state index in [9.17, 15) is 10.1 Å². The summed E-state index contributed by atoms with van der Waals surface area (Å²) in [5, 5.41) is 18.5. The molecule has 20 heavy (non-hydrogen) atoms. The number of rotatable bonds is 5. The van der Waals surface area contributed by atoms with Gasteiger partial charge in [0, 0.05) is 13.1 Å². The second-order valence-electron chi connectivity index (χ2n) is 4.64. The Bertz CT molecular complexity index is 634. The molecule has 0 aliphatic heterocycles. The molecule has 106 valence electrons. The lowest BCUT2D eigenvalue weighted by atomic mass is 10.1. The van der Waals surface area contributed by atoms with Gasteiger partial charge in [0.05, 0.1) is 4.92 Å². The van der Waals surface area contributed by atoms with Crippen molar-refractivity contribution < 1.29 is 4.92 Å². The Morgan fingerprint density at radius 3 is 2.65 bits per heavy atom. The summed E-state index contributed by atoms with van der Waals surface area (Å²) in [5.41, 5.74) is 2.76. The van der Waals surface area contributed by atoms with Crippen LogP contribution in [-0.2, 0) is 13.1 Å². The summed E-state index contributed by atoms with van der Waals surface area (Å²) in [6.07, 6.45) is 0. The molecule has 0 saturated heterocycles. The molecule has 6 nitrogen and oxygen atoms in total. The van der Waals surface area contributed by atoms with E-state index in [1.165, 1.54) is 0 Å². The van der Waals surface area contributed by atoms with Crippen molar-refractivity contribution >= 4 is 11.5 Å². The number of hydrogen-bond donors (Lipinski definition) is 1. The van der Waals surface area contributed by atoms with Crippen molar-refractivity contribution in [2.45, 2.75) is 33.9 Å². The van der Waals surface area contributed by atoms with Crippen LogP contribution in [0, 0.1) is 24.0 Å². The number of aromatic nitrogens is 2. The largest absolute Gasteiger partial charge is 0.360 e. The Labute approximate surface area is 117 Å². The molecular weight excluding hydrogens is 256 g/mol. The normalized spacial score (nSPS) is 10.6. The fraction of sp³-hybridized carbons (Fsp3) is 0.357. The summed E-state index contributed by atoms with van der Waals surface area (Å²) >= 11 is 0. The van der Waals surface area contributed by atoms with Crippen molar-refractivity contribution in [2.24, 2.45) is 0 Å². The van der Waals surface area contributed by atoms with Gasteiger partial charge in [0.25, 0.3) is 0 Å². The van der Waals surface area contributed by atoms with Crippen LogP contribution in [0.5, 0.6) is 0 Å². The van der Waals surface area contributed by atoms with E-state index in [1.54, 1.807) is 11.6 Å². The average Bonchev–Trinajstić information content (AvgIpc) is 2.74. The maximum absolute atomic E-state index is 11.2. The van der Waals surface area contributed by atoms with Gasteiger partial charge in [-0.05, 0) is 31.9 Å². The van der Waals surface area contributed by atoms with Crippen LogP contribution >= 0.6 is 0 Å². The zero-order chi connectivity index (χ0) is 14.7. The Morgan fingerprint density at radius 1 is 1.35 bits per heavy atom. The van der Waals surface area contributed by atoms with Crippen molar-refractivity contribution in [1.29, 1.82) is 0 Å². The van der Waals surface area contributed by atoms with Gasteiger partial charge in [-0.25, -0.2) is 4.68 Å². The lowest BCUT2D eigenvalue weighted by molar-refractivity contribution is -0.384. The molecule has 1 aromatic heterocycles. The molecule has 0 aliphatic rings. The first-order valence-corrected chi connectivity index (χ1v) is 6.54. The lowest BCUT2D eigenvalue weighted by Gasteiger charge is -2.09. The van der Waals surface area contributed by atoms with Crippen LogP contribution in [0.15, 0.2) is 24.3 Å². The summed E-state index contributed by atoms with van der Waals surface area (Å²) in [7, 11) is 0. The molecular formula is C14H18N4O2. The predicted octanol–water partition coefficient (Wildman–Crippen LogP) is 3.04. The van der Waals surface area contributed by atoms with Gasteiger partial charge in [0.15, 0.2) is 0 Å². The van der Waals surface area contributed by atoms with Gasteiger partial charge in [0.2, 0.25) is 5.82 Å². The van der Waals surface area contributed by atoms with Crippen LogP contribution in [0.3, 0.4) is 0 Å². The zero-order valence-electron chi connectivity index (χ0n) is 11.9. The molecule has 2 aromatic rings. The number of hydrogen-bond acceptors (Lipinski definition) is 4. The summed E-state index contributed by atoms with van der Waals surface area (Å²) < 4.78 is 1.63. The fourth-order valence-corrected chi connectivity index (χ4v) is 2.18. The first-order valence-electron chi connectivity index (χ1n) is 6.54. The number of nitrogens with one attached hydrogen (secondary N) is 1. The molecule has 6 heteroatoms. The monoisotopic (exact) mass is 274 g/mol. The fourth-order valence-electron chi connectivity index (χ4n) is 2.18. The molecule has 0 unspecified atom stereocenters. The molecule has 0 radical (unpaired) electrons. The highest BCUT2D eigenvalue weighted by molar-refractivity contribution is 5.59. The van der Waals surface area contributed by atoms with Crippen LogP contribution in [0.2, 0.25) is 0 Å². The van der Waals surface area contributed by atoms with Gasteiger partial charge in [-0.15, -0.1) is 0 Å². The molecule has 0 spiro atoms. The number of nitro groups is 1. The van der Waals surface area contributed by atoms with E-state index in [1.807, 2.05) is 38.1 Å². The van der Waals surface area contributed by atoms with E-state index in [-0.39, 0.29) is 10.6 Å². The third-order valence-corrected chi connectivity index (χ3v) is 3.29. The molecule has 0 atom stereocenters. The van der Waals surface area contributed by atoms with E-state index < -0.39 is 0 Å². The maximum atomic E-state index is 11.2. The molecule has 0 aliphatic carbocycles. The first-order chi connectivity index (χ1) is 9.54. The Hall–Kier alpha value is -2.37. The van der Waals surface area contributed by atoms with E-state index in [4.69, 9.17) is 0 Å². The topological polar surface area (TPSA) is 73.0 Å². The maximum Gasteiger partial charge on any atom is 0.333 e. The van der Waals surface area contributed by atoms with E-state index >= 15 is 0 Å². The van der Waals surface area contributed by atoms with E-state index in [2.05, 4.69) is 10.4 Å². The molecule has 0 fully saturated rings. The van der Waals surface area contributed by atoms with Gasteiger partial charge in [-0.1, -0.05) is 24.3 Å². The van der Waals surface area contributed by atoms with Gasteiger partial charge < -0.3 is 5.32 Å². The van der Waals surface area contributed by atoms with Crippen LogP contribution in [0.4, 0.5) is 11.5 Å². The summed E-state index contributed by atoms with van der Waals surface area (Å²) in [4.78, 5) is 10.8. The van der Waals surface area contributed by atoms with Crippen LogP contribution in [0.25, 0.3) is 0 Å². The van der Waals surface area contributed by atoms with Gasteiger partial charge in [-0.2, -0.15) is 5.10 Å². The van der Waals surface area contributed by atoms with Crippen molar-refractivity contribution in [3.05, 3.63) is 51.2 Å². The number of anilines is 1. The van der Waals surface area contributed by atoms with Crippen molar-refractivity contribution in [1.82, 2.24) is 9.78 Å². The summed E-state index contributed by atoms with van der Waals surface area (Å²) in [6, 6.07) is 7.96. The number of aryl methyl sites for hydroxylation is 3. The van der Waals surface area contributed by atoms with Gasteiger partial charge in [0.1, 0.15) is 5.69 Å². The second kappa shape index (κ2) is 5.73. The Morgan fingerprint density at radius 2 is 2.05 bits per heavy atom. The minimum atomic E-state index is -0.380. The van der Waals surface area contributed by atoms with Gasteiger partial charge >= 0.3 is 5.69 Å². The third kappa shape index (κ3) is 2.64. The smallest absolute Gasteiger partial charge is 0.333 e. The molecule has 1 aromatic carbocycles. The first kappa shape index (κ1) is 14.0. The lowest BCUT2D eigenvalue weighted by Crippen LogP contribution is -2.09. The third-order valence-electron chi connectivity index (χ3n) is 3.29. The number of benzene rings is 1. The predicted molar refractivity (Wildman–Crippen MR) is 77.8 cm³/mol. The highest BCUT2D eigenvalue weighted by atomic mass is 16.6. The van der Waals surface area contributed by atoms with Crippen molar-refractivity contribution in [3.63, 3.8) is 0 Å². The highest BCUT2D eigenvalue weighted by Crippen LogP contribution is 2.28. The quantitative estimate of drug-likeness (QED) is 0.671. The summed E-state index contributed by atoms with van der Waals surface area (Å²) in [5.74, 6) is 0.471. The number of nitrogens with zero attached hydrogens (tertiary/aromatic N) is 3. The molecule has 1 N–H and O–H groups in total. The van der Waals surface area contributed by atoms with Crippen molar-refractivity contribution in [2.75, 3.05) is 5.32 Å². The Kier molecular flexibility index (Phi) is 4.02. The van der Waals surface area contributed by atoms with Crippen LogP contribution in [-0.4, -0.2) is 14.7 Å². The Balaban J connectivity index is 2.29. The van der Waals surface area contributed by atoms with E-state index in [0.717, 1.165) is 11.1 Å². The minimum absolute atomic E-state index is 0.0560.